The van der Waals surface area contributed by atoms with Crippen LogP contribution in [0.15, 0.2) is 12.2 Å². The minimum atomic E-state index is -4.58. The Morgan fingerprint density at radius 2 is 1.00 bits per heavy atom. The highest BCUT2D eigenvalue weighted by atomic mass is 31.2. The van der Waals surface area contributed by atoms with E-state index in [9.17, 15) is 19.4 Å². The Labute approximate surface area is 335 Å². The highest BCUT2D eigenvalue weighted by Crippen LogP contribution is 2.38. The van der Waals surface area contributed by atoms with Gasteiger partial charge >= 0.3 is 0 Å². The second kappa shape index (κ2) is 37.8. The van der Waals surface area contributed by atoms with Crippen molar-refractivity contribution < 1.29 is 32.9 Å². The van der Waals surface area contributed by atoms with Crippen LogP contribution in [0, 0.1) is 0 Å². The van der Waals surface area contributed by atoms with E-state index in [2.05, 4.69) is 19.2 Å². The van der Waals surface area contributed by atoms with Crippen molar-refractivity contribution in [3.05, 3.63) is 12.2 Å². The summed E-state index contributed by atoms with van der Waals surface area (Å²) in [4.78, 5) is 25.3. The number of unbranched alkanes of at least 4 members (excludes halogenated alkanes) is 29. The topological polar surface area (TPSA) is 108 Å². The van der Waals surface area contributed by atoms with Gasteiger partial charge in [-0.1, -0.05) is 206 Å². The minimum absolute atomic E-state index is 0.00204. The van der Waals surface area contributed by atoms with Crippen LogP contribution < -0.4 is 10.2 Å². The third-order valence-corrected chi connectivity index (χ3v) is 11.5. The molecular weight excluding hydrogens is 695 g/mol. The molecule has 0 aliphatic rings. The number of aliphatic hydroxyl groups excluding tert-OH is 1. The van der Waals surface area contributed by atoms with Crippen LogP contribution in [0.2, 0.25) is 0 Å². The normalized spacial score (nSPS) is 14.4. The third kappa shape index (κ3) is 39.5. The highest BCUT2D eigenvalue weighted by molar-refractivity contribution is 7.45. The number of phosphoric acid groups is 1. The number of likely N-dealkylation sites (N-methyl/N-ethyl adjacent to an activating group) is 1. The monoisotopic (exact) mass is 787 g/mol. The van der Waals surface area contributed by atoms with E-state index >= 15 is 0 Å². The Morgan fingerprint density at radius 3 is 1.39 bits per heavy atom. The molecule has 0 spiro atoms. The van der Waals surface area contributed by atoms with Gasteiger partial charge in [-0.2, -0.15) is 0 Å². The van der Waals surface area contributed by atoms with E-state index in [0.717, 1.165) is 38.5 Å². The number of allylic oxidation sites excluding steroid dienone is 1. The van der Waals surface area contributed by atoms with Crippen molar-refractivity contribution in [1.82, 2.24) is 5.32 Å². The SMILES string of the molecule is CCCCCCCCCCCC/C=C/[C@@H](O)[C@H](COP(=O)([O-])OCC[N+](C)(C)C)NC(=O)CCCCCCCCCCCCCCCCCCCCCC. The maximum atomic E-state index is 12.8. The first-order valence-corrected chi connectivity index (χ1v) is 24.5. The molecule has 2 N–H and O–H groups in total. The van der Waals surface area contributed by atoms with Crippen molar-refractivity contribution in [2.75, 3.05) is 40.9 Å². The van der Waals surface area contributed by atoms with Gasteiger partial charge in [0.15, 0.2) is 0 Å². The van der Waals surface area contributed by atoms with Crippen molar-refractivity contribution >= 4 is 13.7 Å². The summed E-state index contributed by atoms with van der Waals surface area (Å²) in [6, 6.07) is -0.879. The molecule has 0 aromatic carbocycles. The van der Waals surface area contributed by atoms with Crippen LogP contribution in [0.25, 0.3) is 0 Å². The maximum Gasteiger partial charge on any atom is 0.268 e. The van der Waals surface area contributed by atoms with Crippen molar-refractivity contribution in [2.24, 2.45) is 0 Å². The lowest BCUT2D eigenvalue weighted by Gasteiger charge is -2.29. The van der Waals surface area contributed by atoms with Crippen LogP contribution in [0.1, 0.15) is 219 Å². The molecule has 0 heterocycles. The van der Waals surface area contributed by atoms with Gasteiger partial charge in [-0.25, -0.2) is 0 Å². The number of hydrogen-bond donors (Lipinski definition) is 2. The van der Waals surface area contributed by atoms with Gasteiger partial charge in [0.25, 0.3) is 7.82 Å². The van der Waals surface area contributed by atoms with Gasteiger partial charge in [-0.3, -0.25) is 9.36 Å². The molecule has 0 aromatic rings. The lowest BCUT2D eigenvalue weighted by molar-refractivity contribution is -0.870. The van der Waals surface area contributed by atoms with Gasteiger partial charge in [0.05, 0.1) is 39.9 Å². The molecule has 0 bridgehead atoms. The fourth-order valence-electron chi connectivity index (χ4n) is 6.80. The molecule has 54 heavy (non-hydrogen) atoms. The van der Waals surface area contributed by atoms with E-state index in [0.29, 0.717) is 17.4 Å². The Balaban J connectivity index is 4.29. The van der Waals surface area contributed by atoms with Crippen molar-refractivity contribution in [2.45, 2.75) is 231 Å². The van der Waals surface area contributed by atoms with Crippen LogP contribution in [0.5, 0.6) is 0 Å². The summed E-state index contributed by atoms with van der Waals surface area (Å²) in [5, 5.41) is 13.8. The predicted molar refractivity (Wildman–Crippen MR) is 229 cm³/mol. The molecule has 1 unspecified atom stereocenters. The minimum Gasteiger partial charge on any atom is -0.756 e. The van der Waals surface area contributed by atoms with E-state index in [1.54, 1.807) is 6.08 Å². The van der Waals surface area contributed by atoms with Crippen LogP contribution in [0.3, 0.4) is 0 Å². The number of hydrogen-bond acceptors (Lipinski definition) is 6. The summed E-state index contributed by atoms with van der Waals surface area (Å²) in [6.07, 6.45) is 42.6. The zero-order valence-electron chi connectivity index (χ0n) is 36.4. The molecule has 3 atom stereocenters. The molecule has 322 valence electrons. The molecule has 0 saturated heterocycles. The lowest BCUT2D eigenvalue weighted by atomic mass is 10.0. The van der Waals surface area contributed by atoms with Crippen LogP contribution in [0.4, 0.5) is 0 Å². The first-order chi connectivity index (χ1) is 26.0. The van der Waals surface area contributed by atoms with E-state index < -0.39 is 20.0 Å². The summed E-state index contributed by atoms with van der Waals surface area (Å²) >= 11 is 0. The second-order valence-corrected chi connectivity index (χ2v) is 18.5. The van der Waals surface area contributed by atoms with Crippen LogP contribution in [-0.2, 0) is 18.4 Å². The van der Waals surface area contributed by atoms with Gasteiger partial charge in [-0.05, 0) is 19.3 Å². The molecule has 0 saturated carbocycles. The highest BCUT2D eigenvalue weighted by Gasteiger charge is 2.23. The molecule has 0 aliphatic heterocycles. The summed E-state index contributed by atoms with van der Waals surface area (Å²) < 4.78 is 23.2. The van der Waals surface area contributed by atoms with Crippen LogP contribution in [-0.4, -0.2) is 68.5 Å². The summed E-state index contributed by atoms with van der Waals surface area (Å²) in [5.41, 5.74) is 0. The maximum absolute atomic E-state index is 12.8. The summed E-state index contributed by atoms with van der Waals surface area (Å²) in [5.74, 6) is -0.195. The smallest absolute Gasteiger partial charge is 0.268 e. The fraction of sp³-hybridized carbons (Fsp3) is 0.933. The Bertz CT molecular complexity index is 896. The molecule has 1 amide bonds. The van der Waals surface area contributed by atoms with Crippen molar-refractivity contribution in [3.8, 4) is 0 Å². The van der Waals surface area contributed by atoms with E-state index in [1.807, 2.05) is 27.2 Å². The van der Waals surface area contributed by atoms with Crippen molar-refractivity contribution in [3.63, 3.8) is 0 Å². The third-order valence-electron chi connectivity index (χ3n) is 10.5. The van der Waals surface area contributed by atoms with Crippen molar-refractivity contribution in [1.29, 1.82) is 0 Å². The molecule has 9 heteroatoms. The summed E-state index contributed by atoms with van der Waals surface area (Å²) in [6.45, 7) is 4.65. The number of carbonyl (C=O) groups excluding carboxylic acids is 1. The quantitative estimate of drug-likeness (QED) is 0.0276. The number of aliphatic hydroxyl groups is 1. The number of amides is 1. The predicted octanol–water partition coefficient (Wildman–Crippen LogP) is 12.1. The Hall–Kier alpha value is -0.760. The number of nitrogens with zero attached hydrogens (tertiary/aromatic N) is 1. The van der Waals surface area contributed by atoms with Crippen LogP contribution >= 0.6 is 7.82 Å². The molecular formula is C45H91N2O6P. The zero-order chi connectivity index (χ0) is 40.0. The molecule has 0 radical (unpaired) electrons. The largest absolute Gasteiger partial charge is 0.756 e. The fourth-order valence-corrected chi connectivity index (χ4v) is 7.52. The second-order valence-electron chi connectivity index (χ2n) is 17.1. The molecule has 0 rings (SSSR count). The van der Waals surface area contributed by atoms with E-state index in [-0.39, 0.29) is 19.1 Å². The number of carbonyl (C=O) groups is 1. The summed E-state index contributed by atoms with van der Waals surface area (Å²) in [7, 11) is 1.27. The average molecular weight is 787 g/mol. The number of rotatable bonds is 42. The van der Waals surface area contributed by atoms with Gasteiger partial charge in [0.1, 0.15) is 13.2 Å². The first-order valence-electron chi connectivity index (χ1n) is 23.1. The standard InChI is InChI=1S/C45H91N2O6P/c1-6-8-10-12-14-16-18-20-21-22-23-24-25-26-27-29-31-33-35-37-39-45(49)46-43(42-53-54(50,51)52-41-40-47(3,4)5)44(48)38-36-34-32-30-28-19-17-15-13-11-9-7-2/h36,38,43-44,48H,6-35,37,39-42H2,1-5H3,(H-,46,49,50,51)/b38-36+/t43-,44+/m0/s1. The van der Waals surface area contributed by atoms with Gasteiger partial charge in [0.2, 0.25) is 5.91 Å². The van der Waals surface area contributed by atoms with Gasteiger partial charge in [-0.15, -0.1) is 0 Å². The Morgan fingerprint density at radius 1 is 0.630 bits per heavy atom. The first kappa shape index (κ1) is 53.2. The molecule has 0 aliphatic carbocycles. The average Bonchev–Trinajstić information content (AvgIpc) is 3.12. The molecule has 0 aromatic heterocycles. The number of quaternary nitrogens is 1. The number of phosphoric ester groups is 1. The van der Waals surface area contributed by atoms with E-state index in [4.69, 9.17) is 9.05 Å². The zero-order valence-corrected chi connectivity index (χ0v) is 37.3. The van der Waals surface area contributed by atoms with E-state index in [1.165, 1.54) is 161 Å². The molecule has 0 fully saturated rings. The number of nitrogens with one attached hydrogen (secondary N) is 1. The Kier molecular flexibility index (Phi) is 37.3. The van der Waals surface area contributed by atoms with Gasteiger partial charge < -0.3 is 28.8 Å². The lowest BCUT2D eigenvalue weighted by Crippen LogP contribution is -2.45. The van der Waals surface area contributed by atoms with Gasteiger partial charge in [0, 0.05) is 6.42 Å². The molecule has 8 nitrogen and oxygen atoms in total.